The largest absolute Gasteiger partial charge is 0.493 e. The van der Waals surface area contributed by atoms with Crippen molar-refractivity contribution in [2.75, 3.05) is 14.2 Å². The zero-order valence-corrected chi connectivity index (χ0v) is 18.1. The minimum atomic E-state index is 0.509. The summed E-state index contributed by atoms with van der Waals surface area (Å²) in [5.74, 6) is 2.48. The monoisotopic (exact) mass is 432 g/mol. The number of hydrogen-bond donors (Lipinski definition) is 0. The van der Waals surface area contributed by atoms with Crippen LogP contribution in [0.15, 0.2) is 59.1 Å². The molecular formula is C23H20N4O3S. The van der Waals surface area contributed by atoms with E-state index in [1.54, 1.807) is 25.6 Å². The molecule has 3 aromatic heterocycles. The van der Waals surface area contributed by atoms with Crippen LogP contribution in [0, 0.1) is 6.92 Å². The molecule has 0 bridgehead atoms. The molecule has 5 rings (SSSR count). The maximum absolute atomic E-state index is 5.52. The van der Waals surface area contributed by atoms with Gasteiger partial charge in [-0.25, -0.2) is 4.68 Å². The number of ether oxygens (including phenoxy) is 2. The van der Waals surface area contributed by atoms with E-state index in [1.165, 1.54) is 0 Å². The van der Waals surface area contributed by atoms with Crippen LogP contribution in [0.3, 0.4) is 0 Å². The van der Waals surface area contributed by atoms with Crippen molar-refractivity contribution in [1.29, 1.82) is 0 Å². The predicted octanol–water partition coefficient (Wildman–Crippen LogP) is 5.05. The molecule has 0 N–H and O–H groups in total. The lowest BCUT2D eigenvalue weighted by Gasteiger charge is -2.08. The smallest absolute Gasteiger partial charge is 0.231 e. The first-order valence-electron chi connectivity index (χ1n) is 9.74. The SMILES string of the molecule is COc1ccc(Cc2nc(-c3cc4c(C)nn(-c5ccccc5)c4s3)no2)cc1OC. The van der Waals surface area contributed by atoms with E-state index in [9.17, 15) is 0 Å². The molecule has 8 heteroatoms. The van der Waals surface area contributed by atoms with E-state index >= 15 is 0 Å². The number of benzene rings is 2. The molecule has 2 aromatic carbocycles. The molecule has 0 aliphatic carbocycles. The van der Waals surface area contributed by atoms with Gasteiger partial charge in [-0.1, -0.05) is 29.4 Å². The van der Waals surface area contributed by atoms with Crippen molar-refractivity contribution in [1.82, 2.24) is 19.9 Å². The number of para-hydroxylation sites is 1. The highest BCUT2D eigenvalue weighted by molar-refractivity contribution is 7.21. The molecule has 7 nitrogen and oxygen atoms in total. The Morgan fingerprint density at radius 3 is 2.58 bits per heavy atom. The summed E-state index contributed by atoms with van der Waals surface area (Å²) in [6.45, 7) is 2.01. The lowest BCUT2D eigenvalue weighted by atomic mass is 10.1. The molecule has 3 heterocycles. The van der Waals surface area contributed by atoms with Gasteiger partial charge in [0.2, 0.25) is 11.7 Å². The molecule has 156 valence electrons. The lowest BCUT2D eigenvalue weighted by Crippen LogP contribution is -1.94. The summed E-state index contributed by atoms with van der Waals surface area (Å²) in [5.41, 5.74) is 2.99. The van der Waals surface area contributed by atoms with Gasteiger partial charge < -0.3 is 14.0 Å². The average Bonchev–Trinajstić information content (AvgIpc) is 3.51. The summed E-state index contributed by atoms with van der Waals surface area (Å²) in [4.78, 5) is 6.62. The van der Waals surface area contributed by atoms with Crippen LogP contribution in [0.25, 0.3) is 26.6 Å². The van der Waals surface area contributed by atoms with Crippen molar-refractivity contribution >= 4 is 21.6 Å². The summed E-state index contributed by atoms with van der Waals surface area (Å²) in [6.07, 6.45) is 0.509. The van der Waals surface area contributed by atoms with Crippen LogP contribution in [0.4, 0.5) is 0 Å². The number of aryl methyl sites for hydroxylation is 1. The van der Waals surface area contributed by atoms with E-state index in [0.29, 0.717) is 29.6 Å². The third-order valence-corrected chi connectivity index (χ3v) is 6.14. The molecule has 0 radical (unpaired) electrons. The highest BCUT2D eigenvalue weighted by atomic mass is 32.1. The summed E-state index contributed by atoms with van der Waals surface area (Å²) in [6, 6.07) is 17.9. The van der Waals surface area contributed by atoms with Crippen molar-refractivity contribution in [3.63, 3.8) is 0 Å². The zero-order valence-electron chi connectivity index (χ0n) is 17.3. The van der Waals surface area contributed by atoms with Gasteiger partial charge in [0, 0.05) is 5.39 Å². The predicted molar refractivity (Wildman–Crippen MR) is 119 cm³/mol. The van der Waals surface area contributed by atoms with Crippen LogP contribution in [0.5, 0.6) is 11.5 Å². The van der Waals surface area contributed by atoms with Crippen molar-refractivity contribution in [2.24, 2.45) is 0 Å². The zero-order chi connectivity index (χ0) is 21.4. The van der Waals surface area contributed by atoms with Gasteiger partial charge in [-0.3, -0.25) is 0 Å². The van der Waals surface area contributed by atoms with E-state index < -0.39 is 0 Å². The summed E-state index contributed by atoms with van der Waals surface area (Å²) >= 11 is 1.60. The number of aromatic nitrogens is 4. The van der Waals surface area contributed by atoms with Crippen molar-refractivity contribution in [2.45, 2.75) is 13.3 Å². The lowest BCUT2D eigenvalue weighted by molar-refractivity contribution is 0.354. The number of methoxy groups -OCH3 is 2. The molecule has 0 aliphatic rings. The topological polar surface area (TPSA) is 75.2 Å². The van der Waals surface area contributed by atoms with E-state index in [1.807, 2.05) is 60.1 Å². The Labute approximate surface area is 182 Å². The molecule has 5 aromatic rings. The van der Waals surface area contributed by atoms with Gasteiger partial charge in [0.1, 0.15) is 4.83 Å². The second-order valence-electron chi connectivity index (χ2n) is 7.04. The minimum absolute atomic E-state index is 0.509. The van der Waals surface area contributed by atoms with Gasteiger partial charge in [-0.15, -0.1) is 11.3 Å². The van der Waals surface area contributed by atoms with E-state index in [4.69, 9.17) is 14.0 Å². The molecule has 0 spiro atoms. The number of thiophene rings is 1. The number of nitrogens with zero attached hydrogens (tertiary/aromatic N) is 4. The van der Waals surface area contributed by atoms with Gasteiger partial charge in [0.05, 0.1) is 36.9 Å². The Hall–Kier alpha value is -3.65. The van der Waals surface area contributed by atoms with E-state index in [2.05, 4.69) is 21.3 Å². The maximum atomic E-state index is 5.52. The molecule has 0 aliphatic heterocycles. The Bertz CT molecular complexity index is 1350. The van der Waals surface area contributed by atoms with Crippen molar-refractivity contribution in [3.05, 3.63) is 71.7 Å². The molecule has 0 saturated carbocycles. The van der Waals surface area contributed by atoms with Crippen LogP contribution in [-0.4, -0.2) is 34.1 Å². The second-order valence-corrected chi connectivity index (χ2v) is 8.07. The molecule has 0 fully saturated rings. The number of hydrogen-bond acceptors (Lipinski definition) is 7. The molecule has 0 atom stereocenters. The molecule has 0 amide bonds. The van der Waals surface area contributed by atoms with Gasteiger partial charge in [0.25, 0.3) is 0 Å². The normalized spacial score (nSPS) is 11.2. The maximum Gasteiger partial charge on any atom is 0.231 e. The summed E-state index contributed by atoms with van der Waals surface area (Å²) in [7, 11) is 3.23. The third kappa shape index (κ3) is 3.55. The summed E-state index contributed by atoms with van der Waals surface area (Å²) < 4.78 is 18.2. The Kier molecular flexibility index (Phi) is 4.91. The highest BCUT2D eigenvalue weighted by Gasteiger charge is 2.18. The standard InChI is InChI=1S/C23H20N4O3S/c1-14-17-13-20(31-23(17)27(25-14)16-7-5-4-6-8-16)22-24-21(30-26-22)12-15-9-10-18(28-2)19(11-15)29-3/h4-11,13H,12H2,1-3H3. The first-order valence-corrected chi connectivity index (χ1v) is 10.6. The minimum Gasteiger partial charge on any atom is -0.493 e. The molecule has 0 unspecified atom stereocenters. The highest BCUT2D eigenvalue weighted by Crippen LogP contribution is 2.35. The van der Waals surface area contributed by atoms with Gasteiger partial charge in [-0.05, 0) is 42.8 Å². The quantitative estimate of drug-likeness (QED) is 0.374. The Balaban J connectivity index is 1.45. The van der Waals surface area contributed by atoms with Crippen LogP contribution in [-0.2, 0) is 6.42 Å². The van der Waals surface area contributed by atoms with Crippen LogP contribution < -0.4 is 9.47 Å². The van der Waals surface area contributed by atoms with E-state index in [-0.39, 0.29) is 0 Å². The third-order valence-electron chi connectivity index (χ3n) is 5.04. The second kappa shape index (κ2) is 7.88. The average molecular weight is 433 g/mol. The van der Waals surface area contributed by atoms with Crippen LogP contribution >= 0.6 is 11.3 Å². The fourth-order valence-corrected chi connectivity index (χ4v) is 4.60. The van der Waals surface area contributed by atoms with Gasteiger partial charge in [-0.2, -0.15) is 10.1 Å². The Morgan fingerprint density at radius 1 is 1.00 bits per heavy atom. The number of rotatable bonds is 6. The van der Waals surface area contributed by atoms with Gasteiger partial charge in [0.15, 0.2) is 11.5 Å². The summed E-state index contributed by atoms with van der Waals surface area (Å²) in [5, 5.41) is 9.98. The molecular weight excluding hydrogens is 412 g/mol. The fraction of sp³-hybridized carbons (Fsp3) is 0.174. The van der Waals surface area contributed by atoms with Crippen LogP contribution in [0.2, 0.25) is 0 Å². The van der Waals surface area contributed by atoms with Crippen molar-refractivity contribution in [3.8, 4) is 27.9 Å². The van der Waals surface area contributed by atoms with Gasteiger partial charge >= 0.3 is 0 Å². The fourth-order valence-electron chi connectivity index (χ4n) is 3.49. The van der Waals surface area contributed by atoms with Crippen LogP contribution in [0.1, 0.15) is 17.1 Å². The van der Waals surface area contributed by atoms with Crippen molar-refractivity contribution < 1.29 is 14.0 Å². The number of fused-ring (bicyclic) bond motifs is 1. The van der Waals surface area contributed by atoms with E-state index in [0.717, 1.165) is 32.0 Å². The molecule has 0 saturated heterocycles. The first-order chi connectivity index (χ1) is 15.2. The molecule has 31 heavy (non-hydrogen) atoms. The first kappa shape index (κ1) is 19.3. The Morgan fingerprint density at radius 2 is 1.81 bits per heavy atom.